The Bertz CT molecular complexity index is 886. The lowest BCUT2D eigenvalue weighted by Crippen LogP contribution is -2.46. The van der Waals surface area contributed by atoms with Crippen LogP contribution in [0.2, 0.25) is 5.02 Å². The monoisotopic (exact) mass is 387 g/mol. The minimum absolute atomic E-state index is 0.295. The third-order valence-corrected chi connectivity index (χ3v) is 5.95. The number of rotatable bonds is 3. The summed E-state index contributed by atoms with van der Waals surface area (Å²) in [6.45, 7) is 3.15. The SMILES string of the molecule is CN1CCN(C2=C(c3cccs3)C(=O)N(c3ccccc3Cl)C2=O)CC1. The Labute approximate surface area is 161 Å². The molecule has 2 aliphatic heterocycles. The standard InChI is InChI=1S/C19H18ClN3O2S/c1-21-8-10-22(11-9-21)17-16(15-7-4-12-26-15)18(24)23(19(17)25)14-6-3-2-5-13(14)20/h2-7,12H,8-11H2,1H3. The van der Waals surface area contributed by atoms with E-state index < -0.39 is 0 Å². The van der Waals surface area contributed by atoms with Gasteiger partial charge in [-0.15, -0.1) is 11.3 Å². The molecule has 2 amide bonds. The molecule has 1 saturated heterocycles. The first kappa shape index (κ1) is 17.3. The summed E-state index contributed by atoms with van der Waals surface area (Å²) in [5, 5.41) is 2.30. The van der Waals surface area contributed by atoms with Gasteiger partial charge in [-0.1, -0.05) is 29.8 Å². The molecule has 0 radical (unpaired) electrons. The van der Waals surface area contributed by atoms with Gasteiger partial charge in [0.05, 0.1) is 16.3 Å². The molecule has 0 N–H and O–H groups in total. The largest absolute Gasteiger partial charge is 0.364 e. The fourth-order valence-corrected chi connectivity index (χ4v) is 4.32. The summed E-state index contributed by atoms with van der Waals surface area (Å²) in [6, 6.07) is 10.7. The summed E-state index contributed by atoms with van der Waals surface area (Å²) in [7, 11) is 2.06. The summed E-state index contributed by atoms with van der Waals surface area (Å²) in [5.41, 5.74) is 1.40. The topological polar surface area (TPSA) is 43.9 Å². The maximum absolute atomic E-state index is 13.3. The molecule has 1 fully saturated rings. The molecule has 5 nitrogen and oxygen atoms in total. The highest BCUT2D eigenvalue weighted by atomic mass is 35.5. The highest BCUT2D eigenvalue weighted by Gasteiger charge is 2.43. The lowest BCUT2D eigenvalue weighted by molar-refractivity contribution is -0.120. The molecule has 1 aromatic heterocycles. The van der Waals surface area contributed by atoms with Crippen LogP contribution in [-0.2, 0) is 9.59 Å². The molecule has 0 bridgehead atoms. The molecule has 3 heterocycles. The van der Waals surface area contributed by atoms with E-state index in [-0.39, 0.29) is 11.8 Å². The lowest BCUT2D eigenvalue weighted by atomic mass is 10.1. The van der Waals surface area contributed by atoms with Gasteiger partial charge in [-0.3, -0.25) is 9.59 Å². The van der Waals surface area contributed by atoms with Crippen molar-refractivity contribution in [3.63, 3.8) is 0 Å². The molecule has 0 aliphatic carbocycles. The van der Waals surface area contributed by atoms with E-state index in [1.54, 1.807) is 24.3 Å². The second-order valence-electron chi connectivity index (χ2n) is 6.39. The second-order valence-corrected chi connectivity index (χ2v) is 7.74. The van der Waals surface area contributed by atoms with Crippen LogP contribution in [0.15, 0.2) is 47.5 Å². The molecule has 4 rings (SSSR count). The van der Waals surface area contributed by atoms with Crippen LogP contribution >= 0.6 is 22.9 Å². The quantitative estimate of drug-likeness (QED) is 0.759. The Balaban J connectivity index is 1.80. The van der Waals surface area contributed by atoms with Crippen molar-refractivity contribution in [1.82, 2.24) is 9.80 Å². The van der Waals surface area contributed by atoms with E-state index in [0.29, 0.717) is 22.0 Å². The highest BCUT2D eigenvalue weighted by molar-refractivity contribution is 7.11. The Kier molecular flexibility index (Phi) is 4.56. The van der Waals surface area contributed by atoms with Crippen molar-refractivity contribution in [2.75, 3.05) is 38.1 Å². The van der Waals surface area contributed by atoms with Crippen LogP contribution in [0.4, 0.5) is 5.69 Å². The zero-order chi connectivity index (χ0) is 18.3. The Morgan fingerprint density at radius 3 is 2.35 bits per heavy atom. The highest BCUT2D eigenvalue weighted by Crippen LogP contribution is 2.38. The first-order valence-electron chi connectivity index (χ1n) is 8.43. The molecule has 0 atom stereocenters. The van der Waals surface area contributed by atoms with Gasteiger partial charge in [0.15, 0.2) is 0 Å². The van der Waals surface area contributed by atoms with Crippen molar-refractivity contribution in [3.8, 4) is 0 Å². The number of benzene rings is 1. The van der Waals surface area contributed by atoms with Gasteiger partial charge in [0.1, 0.15) is 5.70 Å². The van der Waals surface area contributed by atoms with Crippen LogP contribution in [0, 0.1) is 0 Å². The summed E-state index contributed by atoms with van der Waals surface area (Å²) >= 11 is 7.75. The first-order valence-corrected chi connectivity index (χ1v) is 9.68. The van der Waals surface area contributed by atoms with Crippen molar-refractivity contribution >= 4 is 46.0 Å². The normalized spacial score (nSPS) is 19.0. The third-order valence-electron chi connectivity index (χ3n) is 4.74. The van der Waals surface area contributed by atoms with E-state index in [1.165, 1.54) is 16.2 Å². The molecule has 2 aliphatic rings. The number of anilines is 1. The number of imide groups is 1. The predicted octanol–water partition coefficient (Wildman–Crippen LogP) is 2.93. The fourth-order valence-electron chi connectivity index (χ4n) is 3.34. The van der Waals surface area contributed by atoms with Crippen LogP contribution in [0.1, 0.15) is 4.88 Å². The van der Waals surface area contributed by atoms with Crippen molar-refractivity contribution < 1.29 is 9.59 Å². The van der Waals surface area contributed by atoms with Crippen LogP contribution < -0.4 is 4.90 Å². The van der Waals surface area contributed by atoms with Gasteiger partial charge in [0.25, 0.3) is 11.8 Å². The van der Waals surface area contributed by atoms with Crippen molar-refractivity contribution in [3.05, 3.63) is 57.4 Å². The molecular formula is C19H18ClN3O2S. The molecule has 1 aromatic carbocycles. The van der Waals surface area contributed by atoms with Crippen LogP contribution in [0.5, 0.6) is 0 Å². The Morgan fingerprint density at radius 1 is 0.962 bits per heavy atom. The van der Waals surface area contributed by atoms with Gasteiger partial charge in [-0.2, -0.15) is 0 Å². The number of para-hydroxylation sites is 1. The van der Waals surface area contributed by atoms with E-state index in [4.69, 9.17) is 11.6 Å². The van der Waals surface area contributed by atoms with Crippen LogP contribution in [-0.4, -0.2) is 54.8 Å². The zero-order valence-corrected chi connectivity index (χ0v) is 15.9. The van der Waals surface area contributed by atoms with Gasteiger partial charge in [-0.05, 0) is 30.6 Å². The summed E-state index contributed by atoms with van der Waals surface area (Å²) < 4.78 is 0. The molecule has 134 valence electrons. The first-order chi connectivity index (χ1) is 12.6. The molecule has 26 heavy (non-hydrogen) atoms. The van der Waals surface area contributed by atoms with Crippen molar-refractivity contribution in [2.45, 2.75) is 0 Å². The molecule has 0 spiro atoms. The average Bonchev–Trinajstić information content (AvgIpc) is 3.23. The van der Waals surface area contributed by atoms with Gasteiger partial charge in [0.2, 0.25) is 0 Å². The van der Waals surface area contributed by atoms with Gasteiger partial charge in [-0.25, -0.2) is 4.90 Å². The smallest absolute Gasteiger partial charge is 0.282 e. The predicted molar refractivity (Wildman–Crippen MR) is 104 cm³/mol. The zero-order valence-electron chi connectivity index (χ0n) is 14.3. The van der Waals surface area contributed by atoms with Crippen LogP contribution in [0.25, 0.3) is 5.57 Å². The van der Waals surface area contributed by atoms with Gasteiger partial charge < -0.3 is 9.80 Å². The number of hydrogen-bond acceptors (Lipinski definition) is 5. The lowest BCUT2D eigenvalue weighted by Gasteiger charge is -2.34. The summed E-state index contributed by atoms with van der Waals surface area (Å²) in [4.78, 5) is 32.8. The summed E-state index contributed by atoms with van der Waals surface area (Å²) in [6.07, 6.45) is 0. The van der Waals surface area contributed by atoms with E-state index >= 15 is 0 Å². The Morgan fingerprint density at radius 2 is 1.69 bits per heavy atom. The molecular weight excluding hydrogens is 370 g/mol. The average molecular weight is 388 g/mol. The minimum Gasteiger partial charge on any atom is -0.364 e. The number of piperazine rings is 1. The number of thiophene rings is 1. The molecule has 2 aromatic rings. The van der Waals surface area contributed by atoms with E-state index in [9.17, 15) is 9.59 Å². The van der Waals surface area contributed by atoms with Crippen molar-refractivity contribution in [2.24, 2.45) is 0 Å². The number of carbonyl (C=O) groups is 2. The Hall–Kier alpha value is -2.15. The van der Waals surface area contributed by atoms with E-state index in [0.717, 1.165) is 31.1 Å². The van der Waals surface area contributed by atoms with Crippen LogP contribution in [0.3, 0.4) is 0 Å². The third kappa shape index (κ3) is 2.84. The van der Waals surface area contributed by atoms with E-state index in [1.807, 2.05) is 22.4 Å². The maximum Gasteiger partial charge on any atom is 0.282 e. The van der Waals surface area contributed by atoms with Gasteiger partial charge in [0, 0.05) is 31.1 Å². The number of halogens is 1. The molecule has 7 heteroatoms. The van der Waals surface area contributed by atoms with Crippen molar-refractivity contribution in [1.29, 1.82) is 0 Å². The second kappa shape index (κ2) is 6.87. The molecule has 0 unspecified atom stereocenters. The number of amides is 2. The molecule has 0 saturated carbocycles. The van der Waals surface area contributed by atoms with Gasteiger partial charge >= 0.3 is 0 Å². The number of hydrogen-bond donors (Lipinski definition) is 0. The number of carbonyl (C=O) groups excluding carboxylic acids is 2. The fraction of sp³-hybridized carbons (Fsp3) is 0.263. The minimum atomic E-state index is -0.306. The maximum atomic E-state index is 13.3. The number of likely N-dealkylation sites (N-methyl/N-ethyl adjacent to an activating group) is 1. The number of nitrogens with zero attached hydrogens (tertiary/aromatic N) is 3. The summed E-state index contributed by atoms with van der Waals surface area (Å²) in [5.74, 6) is -0.601. The van der Waals surface area contributed by atoms with E-state index in [2.05, 4.69) is 11.9 Å².